The molecule has 102 valence electrons. The highest BCUT2D eigenvalue weighted by molar-refractivity contribution is 5.84. The Balaban J connectivity index is 1.99. The van der Waals surface area contributed by atoms with Crippen molar-refractivity contribution < 1.29 is 4.92 Å². The Morgan fingerprint density at radius 3 is 2.33 bits per heavy atom. The van der Waals surface area contributed by atoms with Gasteiger partial charge in [-0.05, 0) is 28.8 Å². The van der Waals surface area contributed by atoms with Crippen LogP contribution < -0.4 is 0 Å². The third-order valence-electron chi connectivity index (χ3n) is 3.40. The zero-order valence-electron chi connectivity index (χ0n) is 11.3. The monoisotopic (exact) mass is 275 g/mol. The van der Waals surface area contributed by atoms with E-state index in [-0.39, 0.29) is 10.6 Å². The van der Waals surface area contributed by atoms with E-state index in [1.54, 1.807) is 24.3 Å². The van der Waals surface area contributed by atoms with Gasteiger partial charge in [0.05, 0.1) is 10.5 Å². The van der Waals surface area contributed by atoms with Crippen molar-refractivity contribution in [2.24, 2.45) is 0 Å². The van der Waals surface area contributed by atoms with Gasteiger partial charge in [0.2, 0.25) is 0 Å². The first kappa shape index (κ1) is 13.1. The largest absolute Gasteiger partial charge is 0.276 e. The number of nitrogens with zero attached hydrogens (tertiary/aromatic N) is 1. The van der Waals surface area contributed by atoms with Crippen LogP contribution in [0.1, 0.15) is 11.1 Å². The highest BCUT2D eigenvalue weighted by Gasteiger charge is 2.10. The molecule has 0 amide bonds. The molecule has 0 heterocycles. The van der Waals surface area contributed by atoms with E-state index in [0.717, 1.165) is 16.7 Å². The molecule has 0 bridgehead atoms. The molecule has 0 aromatic heterocycles. The van der Waals surface area contributed by atoms with E-state index in [1.807, 2.05) is 30.3 Å². The summed E-state index contributed by atoms with van der Waals surface area (Å²) in [4.78, 5) is 10.7. The Morgan fingerprint density at radius 2 is 1.48 bits per heavy atom. The average Bonchev–Trinajstić information content (AvgIpc) is 2.72. The second kappa shape index (κ2) is 5.59. The van der Waals surface area contributed by atoms with E-state index in [0.29, 0.717) is 5.56 Å². The van der Waals surface area contributed by atoms with Crippen LogP contribution in [0, 0.1) is 10.1 Å². The van der Waals surface area contributed by atoms with Crippen molar-refractivity contribution in [3.8, 4) is 11.1 Å². The fraction of sp³-hybridized carbons (Fsp3) is 0. The Hall–Kier alpha value is -2.94. The molecule has 1 aromatic rings. The van der Waals surface area contributed by atoms with Crippen LogP contribution in [0.15, 0.2) is 66.7 Å². The van der Waals surface area contributed by atoms with Crippen LogP contribution in [0.25, 0.3) is 23.3 Å². The van der Waals surface area contributed by atoms with Gasteiger partial charge in [0.15, 0.2) is 0 Å². The van der Waals surface area contributed by atoms with Gasteiger partial charge >= 0.3 is 0 Å². The minimum absolute atomic E-state index is 0.121. The molecule has 0 N–H and O–H groups in total. The van der Waals surface area contributed by atoms with Gasteiger partial charge in [0.1, 0.15) is 0 Å². The van der Waals surface area contributed by atoms with Crippen LogP contribution in [0.3, 0.4) is 0 Å². The van der Waals surface area contributed by atoms with Gasteiger partial charge in [0, 0.05) is 6.07 Å². The number of nitro benzene ring substituents is 1. The van der Waals surface area contributed by atoms with Gasteiger partial charge in [0.25, 0.3) is 5.69 Å². The van der Waals surface area contributed by atoms with Crippen LogP contribution in [-0.2, 0) is 0 Å². The third kappa shape index (κ3) is 2.67. The Morgan fingerprint density at radius 1 is 0.762 bits per heavy atom. The molecule has 3 heteroatoms. The normalized spacial score (nSPS) is 11.0. The number of para-hydroxylation sites is 1. The molecular weight excluding hydrogens is 262 g/mol. The number of benzene rings is 1. The lowest BCUT2D eigenvalue weighted by molar-refractivity contribution is -0.385. The van der Waals surface area contributed by atoms with Gasteiger partial charge in [-0.15, -0.1) is 0 Å². The Labute approximate surface area is 122 Å². The summed E-state index contributed by atoms with van der Waals surface area (Å²) in [6, 6.07) is 20.9. The summed E-state index contributed by atoms with van der Waals surface area (Å²) in [6.45, 7) is 0. The van der Waals surface area contributed by atoms with Gasteiger partial charge in [-0.2, -0.15) is 0 Å². The summed E-state index contributed by atoms with van der Waals surface area (Å²) < 4.78 is 0. The molecule has 0 spiro atoms. The van der Waals surface area contributed by atoms with E-state index in [1.165, 1.54) is 6.07 Å². The maximum Gasteiger partial charge on any atom is 0.276 e. The third-order valence-corrected chi connectivity index (χ3v) is 3.40. The lowest BCUT2D eigenvalue weighted by Crippen LogP contribution is -1.90. The van der Waals surface area contributed by atoms with Crippen molar-refractivity contribution >= 4 is 17.8 Å². The molecule has 0 radical (unpaired) electrons. The smallest absolute Gasteiger partial charge is 0.258 e. The summed E-state index contributed by atoms with van der Waals surface area (Å²) in [5.41, 5.74) is 4.07. The van der Waals surface area contributed by atoms with E-state index in [2.05, 4.69) is 18.2 Å². The molecule has 3 nitrogen and oxygen atoms in total. The molecule has 0 saturated heterocycles. The van der Waals surface area contributed by atoms with Crippen molar-refractivity contribution in [2.75, 3.05) is 0 Å². The van der Waals surface area contributed by atoms with Gasteiger partial charge in [-0.3, -0.25) is 10.1 Å². The first-order valence-electron chi connectivity index (χ1n) is 6.65. The maximum absolute atomic E-state index is 11.0. The van der Waals surface area contributed by atoms with Crippen LogP contribution in [0.2, 0.25) is 0 Å². The van der Waals surface area contributed by atoms with E-state index < -0.39 is 0 Å². The lowest BCUT2D eigenvalue weighted by atomic mass is 10.1. The number of nitro groups is 1. The predicted molar refractivity (Wildman–Crippen MR) is 85.1 cm³/mol. The van der Waals surface area contributed by atoms with Crippen molar-refractivity contribution in [3.05, 3.63) is 88.0 Å². The van der Waals surface area contributed by atoms with Crippen LogP contribution in [0.4, 0.5) is 5.69 Å². The lowest BCUT2D eigenvalue weighted by Gasteiger charge is -1.98. The molecule has 0 atom stereocenters. The summed E-state index contributed by atoms with van der Waals surface area (Å²) in [5.74, 6) is 0. The van der Waals surface area contributed by atoms with Gasteiger partial charge < -0.3 is 0 Å². The molecule has 0 unspecified atom stereocenters. The Kier molecular flexibility index (Phi) is 3.48. The molecule has 21 heavy (non-hydrogen) atoms. The topological polar surface area (TPSA) is 43.1 Å². The number of rotatable bonds is 3. The van der Waals surface area contributed by atoms with E-state index >= 15 is 0 Å². The van der Waals surface area contributed by atoms with Crippen LogP contribution in [0.5, 0.6) is 0 Å². The fourth-order valence-corrected chi connectivity index (χ4v) is 2.36. The molecule has 1 aromatic carbocycles. The summed E-state index contributed by atoms with van der Waals surface area (Å²) in [5, 5.41) is 11.0. The molecule has 0 aliphatic heterocycles. The minimum atomic E-state index is -0.358. The van der Waals surface area contributed by atoms with Crippen LogP contribution >= 0.6 is 0 Å². The molecular formula is C18H13NO2. The van der Waals surface area contributed by atoms with Gasteiger partial charge in [-0.1, -0.05) is 60.7 Å². The first-order valence-corrected chi connectivity index (χ1v) is 6.65. The maximum atomic E-state index is 11.0. The Bertz CT molecular complexity index is 793. The summed E-state index contributed by atoms with van der Waals surface area (Å²) >= 11 is 0. The molecule has 0 fully saturated rings. The standard InChI is InChI=1S/C18H13NO2/c20-19(21)18-9-5-4-7-16(18)13-12-15-11-10-14-6-2-1-3-8-17(14)15/h1-13H/b13-12+. The first-order chi connectivity index (χ1) is 10.3. The predicted octanol–water partition coefficient (Wildman–Crippen LogP) is 4.87. The van der Waals surface area contributed by atoms with Crippen molar-refractivity contribution in [3.63, 3.8) is 0 Å². The quantitative estimate of drug-likeness (QED) is 0.505. The molecule has 2 aliphatic carbocycles. The summed E-state index contributed by atoms with van der Waals surface area (Å²) in [7, 11) is 0. The zero-order valence-corrected chi connectivity index (χ0v) is 11.3. The summed E-state index contributed by atoms with van der Waals surface area (Å²) in [6.07, 6.45) is 3.71. The fourth-order valence-electron chi connectivity index (χ4n) is 2.36. The minimum Gasteiger partial charge on any atom is -0.258 e. The number of hydrogen-bond acceptors (Lipinski definition) is 2. The molecule has 3 rings (SSSR count). The molecule has 2 aliphatic rings. The SMILES string of the molecule is O=[N+]([O-])c1ccccc1/C=C/c1ccc2cccccc1-2. The highest BCUT2D eigenvalue weighted by atomic mass is 16.6. The van der Waals surface area contributed by atoms with Crippen molar-refractivity contribution in [1.29, 1.82) is 0 Å². The second-order valence-corrected chi connectivity index (χ2v) is 4.72. The van der Waals surface area contributed by atoms with Gasteiger partial charge in [-0.25, -0.2) is 0 Å². The highest BCUT2D eigenvalue weighted by Crippen LogP contribution is 2.29. The van der Waals surface area contributed by atoms with E-state index in [9.17, 15) is 10.1 Å². The number of hydrogen-bond donors (Lipinski definition) is 0. The van der Waals surface area contributed by atoms with Crippen molar-refractivity contribution in [1.82, 2.24) is 0 Å². The zero-order chi connectivity index (χ0) is 14.7. The molecule has 0 saturated carbocycles. The average molecular weight is 275 g/mol. The van der Waals surface area contributed by atoms with Crippen molar-refractivity contribution in [2.45, 2.75) is 0 Å². The number of fused-ring (bicyclic) bond motifs is 1. The van der Waals surface area contributed by atoms with Crippen LogP contribution in [-0.4, -0.2) is 4.92 Å². The van der Waals surface area contributed by atoms with E-state index in [4.69, 9.17) is 0 Å². The second-order valence-electron chi connectivity index (χ2n) is 4.72.